The van der Waals surface area contributed by atoms with Gasteiger partial charge in [-0.1, -0.05) is 36.4 Å². The maximum absolute atomic E-state index is 12.3. The third-order valence-electron chi connectivity index (χ3n) is 4.05. The molecule has 150 valence electrons. The third kappa shape index (κ3) is 7.00. The normalized spacial score (nSPS) is 29.9. The largest absolute Gasteiger partial charge is 0.459 e. The first-order valence-electron chi connectivity index (χ1n) is 9.03. The van der Waals surface area contributed by atoms with E-state index in [1.807, 2.05) is 6.07 Å². The number of aliphatic hydroxyl groups excluding tert-OH is 1. The van der Waals surface area contributed by atoms with Crippen molar-refractivity contribution in [2.24, 2.45) is 0 Å². The zero-order valence-corrected chi connectivity index (χ0v) is 15.8. The van der Waals surface area contributed by atoms with Gasteiger partial charge in [0.25, 0.3) is 0 Å². The molecule has 0 saturated carbocycles. The molecule has 0 spiro atoms. The van der Waals surface area contributed by atoms with Crippen molar-refractivity contribution in [3.05, 3.63) is 60.2 Å². The summed E-state index contributed by atoms with van der Waals surface area (Å²) in [6.45, 7) is 3.18. The zero-order valence-electron chi connectivity index (χ0n) is 15.8. The number of hydrogen-bond donors (Lipinski definition) is 1. The topological polar surface area (TPSA) is 99.1 Å². The Hall–Kier alpha value is -2.93. The number of rotatable bonds is 1. The third-order valence-corrected chi connectivity index (χ3v) is 4.05. The van der Waals surface area contributed by atoms with Gasteiger partial charge in [0, 0.05) is 18.6 Å². The standard InChI is InChI=1S/C21H24O7/c1-14-7-6-10-19(23)28-18(16-8-4-3-5-9-16)13-21(25)27-15(2)17(22)11-12-20(24)26-14/h3-6,8-12,14-15,17-18,22H,7,13H2,1-2H3/b10-6-,12-11-/t14-,15-,17+,18+/m0/s1. The molecule has 1 aromatic carbocycles. The van der Waals surface area contributed by atoms with Gasteiger partial charge >= 0.3 is 17.9 Å². The van der Waals surface area contributed by atoms with Crippen molar-refractivity contribution in [2.45, 2.75) is 51.1 Å². The first kappa shape index (κ1) is 21.4. The number of benzene rings is 1. The van der Waals surface area contributed by atoms with Crippen LogP contribution in [0.5, 0.6) is 0 Å². The maximum Gasteiger partial charge on any atom is 0.331 e. The summed E-state index contributed by atoms with van der Waals surface area (Å²) in [5.41, 5.74) is 0.651. The average molecular weight is 388 g/mol. The summed E-state index contributed by atoms with van der Waals surface area (Å²) in [4.78, 5) is 36.1. The summed E-state index contributed by atoms with van der Waals surface area (Å²) in [7, 11) is 0. The molecule has 7 heteroatoms. The van der Waals surface area contributed by atoms with Gasteiger partial charge in [0.2, 0.25) is 0 Å². The lowest BCUT2D eigenvalue weighted by atomic mass is 10.1. The lowest BCUT2D eigenvalue weighted by molar-refractivity contribution is -0.158. The van der Waals surface area contributed by atoms with Crippen LogP contribution in [0, 0.1) is 0 Å². The fraction of sp³-hybridized carbons (Fsp3) is 0.381. The second-order valence-electron chi connectivity index (χ2n) is 6.47. The molecule has 0 fully saturated rings. The van der Waals surface area contributed by atoms with Crippen LogP contribution in [0.15, 0.2) is 54.6 Å². The Morgan fingerprint density at radius 2 is 1.61 bits per heavy atom. The predicted octanol–water partition coefficient (Wildman–Crippen LogP) is 2.40. The summed E-state index contributed by atoms with van der Waals surface area (Å²) in [5, 5.41) is 10.0. The Balaban J connectivity index is 2.22. The van der Waals surface area contributed by atoms with Crippen LogP contribution in [-0.2, 0) is 28.6 Å². The van der Waals surface area contributed by atoms with E-state index in [9.17, 15) is 19.5 Å². The van der Waals surface area contributed by atoms with Crippen LogP contribution in [-0.4, -0.2) is 41.3 Å². The van der Waals surface area contributed by atoms with Crippen LogP contribution in [0.4, 0.5) is 0 Å². The van der Waals surface area contributed by atoms with Gasteiger partial charge in [-0.05, 0) is 25.5 Å². The van der Waals surface area contributed by atoms with Crippen molar-refractivity contribution < 1.29 is 33.7 Å². The van der Waals surface area contributed by atoms with Gasteiger partial charge in [-0.3, -0.25) is 4.79 Å². The summed E-state index contributed by atoms with van der Waals surface area (Å²) in [5.74, 6) is -1.91. The minimum Gasteiger partial charge on any atom is -0.459 e. The van der Waals surface area contributed by atoms with Crippen molar-refractivity contribution in [3.8, 4) is 0 Å². The Bertz CT molecular complexity index is 738. The van der Waals surface area contributed by atoms with E-state index in [0.717, 1.165) is 6.08 Å². The second kappa shape index (κ2) is 10.4. The van der Waals surface area contributed by atoms with Crippen molar-refractivity contribution >= 4 is 17.9 Å². The molecule has 1 aliphatic rings. The molecule has 1 aromatic rings. The smallest absolute Gasteiger partial charge is 0.331 e. The minimum atomic E-state index is -1.18. The number of carbonyl (C=O) groups excluding carboxylic acids is 3. The van der Waals surface area contributed by atoms with E-state index < -0.39 is 42.3 Å². The number of ether oxygens (including phenoxy) is 3. The lowest BCUT2D eigenvalue weighted by Gasteiger charge is -2.20. The van der Waals surface area contributed by atoms with Crippen LogP contribution >= 0.6 is 0 Å². The van der Waals surface area contributed by atoms with Gasteiger partial charge in [-0.25, -0.2) is 9.59 Å². The SMILES string of the molecule is C[C@@H]1OC(=O)C[C@H](c2ccccc2)OC(=O)/C=C\C[C@H](C)OC(=O)/C=C\[C@H]1O. The molecule has 1 heterocycles. The van der Waals surface area contributed by atoms with Gasteiger partial charge in [-0.15, -0.1) is 0 Å². The minimum absolute atomic E-state index is 0.206. The van der Waals surface area contributed by atoms with Gasteiger partial charge in [0.15, 0.2) is 0 Å². The summed E-state index contributed by atoms with van der Waals surface area (Å²) >= 11 is 0. The molecular formula is C21H24O7. The van der Waals surface area contributed by atoms with E-state index in [1.165, 1.54) is 25.2 Å². The summed E-state index contributed by atoms with van der Waals surface area (Å²) in [6.07, 6.45) is 1.80. The number of hydrogen-bond acceptors (Lipinski definition) is 7. The molecule has 0 unspecified atom stereocenters. The van der Waals surface area contributed by atoms with Crippen LogP contribution in [0.2, 0.25) is 0 Å². The van der Waals surface area contributed by atoms with E-state index in [-0.39, 0.29) is 6.42 Å². The second-order valence-corrected chi connectivity index (χ2v) is 6.47. The molecule has 2 rings (SSSR count). The van der Waals surface area contributed by atoms with Crippen LogP contribution in [0.3, 0.4) is 0 Å². The highest BCUT2D eigenvalue weighted by Crippen LogP contribution is 2.23. The Labute approximate surface area is 163 Å². The Morgan fingerprint density at radius 1 is 0.929 bits per heavy atom. The molecule has 0 amide bonds. The highest BCUT2D eigenvalue weighted by atomic mass is 16.6. The molecular weight excluding hydrogens is 364 g/mol. The maximum atomic E-state index is 12.3. The van der Waals surface area contributed by atoms with Crippen LogP contribution in [0.1, 0.15) is 38.4 Å². The predicted molar refractivity (Wildman–Crippen MR) is 99.9 cm³/mol. The molecule has 0 bridgehead atoms. The van der Waals surface area contributed by atoms with Gasteiger partial charge < -0.3 is 19.3 Å². The summed E-state index contributed by atoms with van der Waals surface area (Å²) < 4.78 is 15.8. The fourth-order valence-corrected chi connectivity index (χ4v) is 2.53. The number of cyclic esters (lactones) is 3. The summed E-state index contributed by atoms with van der Waals surface area (Å²) in [6, 6.07) is 8.85. The first-order chi connectivity index (χ1) is 13.3. The quantitative estimate of drug-likeness (QED) is 0.582. The van der Waals surface area contributed by atoms with E-state index in [1.54, 1.807) is 31.2 Å². The molecule has 4 atom stereocenters. The molecule has 0 saturated heterocycles. The molecule has 7 nitrogen and oxygen atoms in total. The van der Waals surface area contributed by atoms with Crippen molar-refractivity contribution in [3.63, 3.8) is 0 Å². The molecule has 0 aromatic heterocycles. The van der Waals surface area contributed by atoms with Gasteiger partial charge in [0.05, 0.1) is 6.42 Å². The zero-order chi connectivity index (χ0) is 20.5. The average Bonchev–Trinajstić information content (AvgIpc) is 2.65. The van der Waals surface area contributed by atoms with Crippen molar-refractivity contribution in [1.29, 1.82) is 0 Å². The van der Waals surface area contributed by atoms with E-state index in [0.29, 0.717) is 12.0 Å². The molecule has 0 aliphatic carbocycles. The molecule has 28 heavy (non-hydrogen) atoms. The van der Waals surface area contributed by atoms with Crippen LogP contribution in [0.25, 0.3) is 0 Å². The highest BCUT2D eigenvalue weighted by Gasteiger charge is 2.24. The Morgan fingerprint density at radius 3 is 2.32 bits per heavy atom. The highest BCUT2D eigenvalue weighted by molar-refractivity contribution is 5.83. The van der Waals surface area contributed by atoms with Crippen molar-refractivity contribution in [1.82, 2.24) is 0 Å². The lowest BCUT2D eigenvalue weighted by Crippen LogP contribution is -2.28. The molecule has 0 radical (unpaired) electrons. The monoisotopic (exact) mass is 388 g/mol. The molecule has 1 aliphatic heterocycles. The van der Waals surface area contributed by atoms with E-state index >= 15 is 0 Å². The van der Waals surface area contributed by atoms with Crippen molar-refractivity contribution in [2.75, 3.05) is 0 Å². The van der Waals surface area contributed by atoms with E-state index in [4.69, 9.17) is 14.2 Å². The van der Waals surface area contributed by atoms with Gasteiger partial charge in [-0.2, -0.15) is 0 Å². The number of aliphatic hydroxyl groups is 1. The van der Waals surface area contributed by atoms with Crippen LogP contribution < -0.4 is 0 Å². The van der Waals surface area contributed by atoms with Gasteiger partial charge in [0.1, 0.15) is 24.4 Å². The Kier molecular flexibility index (Phi) is 7.95. The number of esters is 3. The van der Waals surface area contributed by atoms with E-state index in [2.05, 4.69) is 0 Å². The fourth-order valence-electron chi connectivity index (χ4n) is 2.53. The molecule has 1 N–H and O–H groups in total. The number of carbonyl (C=O) groups is 3. The first-order valence-corrected chi connectivity index (χ1v) is 9.03.